The third kappa shape index (κ3) is 12.7. The van der Waals surface area contributed by atoms with Crippen LogP contribution in [0.15, 0.2) is 24.3 Å². The highest BCUT2D eigenvalue weighted by atomic mass is 16.5. The van der Waals surface area contributed by atoms with Crippen LogP contribution in [0.2, 0.25) is 0 Å². The van der Waals surface area contributed by atoms with Crippen LogP contribution in [0.25, 0.3) is 0 Å². The van der Waals surface area contributed by atoms with Gasteiger partial charge in [-0.25, -0.2) is 4.79 Å². The van der Waals surface area contributed by atoms with Gasteiger partial charge in [0.1, 0.15) is 11.8 Å². The van der Waals surface area contributed by atoms with Gasteiger partial charge in [-0.2, -0.15) is 0 Å². The standard InChI is InChI=1S/C43H72N4O9/c1-14-28(8)39(46(11)42(52)32(25(2)3)23-35(49)38(26(4)5)45(10)27(6)7)36(55-12)24-37(50)47-21-15-16-34(47)40(56-13)29(9)41(51)44-33(43(53)54)22-30-17-19-31(48)20-18-30/h17-20,25-29,32-34,36,38-40,48H,14-16,21-24H2,1-13H3,(H,44,51)(H,53,54)/t28?,29-,32+,33+,34+,36-,38+,39+,40-/m1/s1. The third-order valence-corrected chi connectivity index (χ3v) is 12.0. The first-order valence-electron chi connectivity index (χ1n) is 20.4. The average Bonchev–Trinajstić information content (AvgIpc) is 3.63. The van der Waals surface area contributed by atoms with E-state index in [2.05, 4.69) is 24.1 Å². The van der Waals surface area contributed by atoms with Crippen LogP contribution in [0.1, 0.15) is 100.0 Å². The van der Waals surface area contributed by atoms with Gasteiger partial charge in [0.15, 0.2) is 5.78 Å². The number of phenolic OH excluding ortho intramolecular Hbond substituents is 1. The Labute approximate surface area is 335 Å². The molecule has 0 saturated carbocycles. The predicted molar refractivity (Wildman–Crippen MR) is 217 cm³/mol. The fourth-order valence-electron chi connectivity index (χ4n) is 8.27. The minimum atomic E-state index is -1.21. The average molecular weight is 789 g/mol. The van der Waals surface area contributed by atoms with E-state index in [9.17, 15) is 34.2 Å². The summed E-state index contributed by atoms with van der Waals surface area (Å²) in [6.45, 7) is 18.3. The molecule has 1 aliphatic heterocycles. The van der Waals surface area contributed by atoms with Gasteiger partial charge in [-0.3, -0.25) is 24.1 Å². The summed E-state index contributed by atoms with van der Waals surface area (Å²) in [5, 5.41) is 22.1. The Hall–Kier alpha value is -3.55. The summed E-state index contributed by atoms with van der Waals surface area (Å²) in [6.07, 6.45) is 0.786. The number of rotatable bonds is 23. The zero-order valence-electron chi connectivity index (χ0n) is 36.3. The van der Waals surface area contributed by atoms with Crippen LogP contribution in [0.5, 0.6) is 5.75 Å². The zero-order valence-corrected chi connectivity index (χ0v) is 36.3. The topological polar surface area (TPSA) is 166 Å². The Morgan fingerprint density at radius 1 is 0.911 bits per heavy atom. The SMILES string of the molecule is CCC(C)[C@@H]([C@@H](CC(=O)N1CCC[C@H]1[C@H](OC)[C@@H](C)C(=O)N[C@@H](Cc1ccc(O)cc1)C(=O)O)OC)N(C)C(=O)[C@@H](CC(=O)[C@H](C(C)C)N(C)C(C)C)C(C)C. The molecule has 1 heterocycles. The summed E-state index contributed by atoms with van der Waals surface area (Å²) in [6, 6.07) is 3.87. The Morgan fingerprint density at radius 3 is 2.00 bits per heavy atom. The Balaban J connectivity index is 2.29. The number of hydrogen-bond donors (Lipinski definition) is 3. The second-order valence-electron chi connectivity index (χ2n) is 16.8. The Kier molecular flexibility index (Phi) is 19.4. The first-order chi connectivity index (χ1) is 26.2. The van der Waals surface area contributed by atoms with Crippen molar-refractivity contribution in [2.24, 2.45) is 29.6 Å². The highest BCUT2D eigenvalue weighted by molar-refractivity contribution is 5.90. The number of benzene rings is 1. The summed E-state index contributed by atoms with van der Waals surface area (Å²) in [5.41, 5.74) is 0.636. The molecule has 3 N–H and O–H groups in total. The van der Waals surface area contributed by atoms with E-state index in [1.165, 1.54) is 19.2 Å². The van der Waals surface area contributed by atoms with Gasteiger partial charge < -0.3 is 34.8 Å². The van der Waals surface area contributed by atoms with E-state index in [4.69, 9.17) is 9.47 Å². The number of carboxylic acid groups (broad SMARTS) is 1. The van der Waals surface area contributed by atoms with Crippen LogP contribution in [0, 0.1) is 29.6 Å². The number of nitrogens with one attached hydrogen (secondary N) is 1. The van der Waals surface area contributed by atoms with Crippen LogP contribution in [-0.2, 0) is 39.9 Å². The van der Waals surface area contributed by atoms with Crippen LogP contribution in [-0.4, -0.2) is 132 Å². The Bertz CT molecular complexity index is 1430. The summed E-state index contributed by atoms with van der Waals surface area (Å²) in [5.74, 6) is -3.33. The summed E-state index contributed by atoms with van der Waals surface area (Å²) in [4.78, 5) is 73.6. The molecule has 318 valence electrons. The van der Waals surface area contributed by atoms with Gasteiger partial charge in [0.2, 0.25) is 17.7 Å². The number of carbonyl (C=O) groups is 5. The van der Waals surface area contributed by atoms with Crippen LogP contribution in [0.4, 0.5) is 0 Å². The van der Waals surface area contributed by atoms with Gasteiger partial charge in [-0.15, -0.1) is 0 Å². The predicted octanol–water partition coefficient (Wildman–Crippen LogP) is 5.02. The van der Waals surface area contributed by atoms with E-state index in [1.807, 2.05) is 48.6 Å². The Morgan fingerprint density at radius 2 is 1.52 bits per heavy atom. The van der Waals surface area contributed by atoms with Crippen molar-refractivity contribution < 1.29 is 43.7 Å². The number of likely N-dealkylation sites (N-methyl/N-ethyl adjacent to an activating group) is 2. The van der Waals surface area contributed by atoms with Crippen molar-refractivity contribution in [1.82, 2.24) is 20.0 Å². The molecule has 13 nitrogen and oxygen atoms in total. The number of aliphatic carboxylic acids is 1. The molecule has 0 aliphatic carbocycles. The molecule has 1 unspecified atom stereocenters. The third-order valence-electron chi connectivity index (χ3n) is 12.0. The van der Waals surface area contributed by atoms with E-state index >= 15 is 0 Å². The van der Waals surface area contributed by atoms with Crippen molar-refractivity contribution in [3.8, 4) is 5.75 Å². The van der Waals surface area contributed by atoms with Gasteiger partial charge in [0.25, 0.3) is 0 Å². The monoisotopic (exact) mass is 789 g/mol. The molecule has 0 spiro atoms. The number of nitrogens with zero attached hydrogens (tertiary/aromatic N) is 3. The molecular weight excluding hydrogens is 716 g/mol. The lowest BCUT2D eigenvalue weighted by Gasteiger charge is -2.41. The number of ether oxygens (including phenoxy) is 2. The molecule has 1 saturated heterocycles. The number of aromatic hydroxyl groups is 1. The molecular formula is C43H72N4O9. The normalized spacial score (nSPS) is 19.0. The first-order valence-corrected chi connectivity index (χ1v) is 20.4. The summed E-state index contributed by atoms with van der Waals surface area (Å²) < 4.78 is 11.9. The van der Waals surface area contributed by atoms with E-state index in [1.54, 1.807) is 43.0 Å². The first kappa shape index (κ1) is 48.6. The maximum Gasteiger partial charge on any atom is 0.326 e. The van der Waals surface area contributed by atoms with Crippen molar-refractivity contribution in [3.05, 3.63) is 29.8 Å². The largest absolute Gasteiger partial charge is 0.508 e. The van der Waals surface area contributed by atoms with Crippen molar-refractivity contribution >= 4 is 29.5 Å². The van der Waals surface area contributed by atoms with Gasteiger partial charge in [0, 0.05) is 52.6 Å². The minimum absolute atomic E-state index is 0.00968. The lowest BCUT2D eigenvalue weighted by molar-refractivity contribution is -0.149. The summed E-state index contributed by atoms with van der Waals surface area (Å²) >= 11 is 0. The van der Waals surface area contributed by atoms with E-state index in [0.29, 0.717) is 24.9 Å². The number of Topliss-reactive ketones (excluding diaryl/α,β-unsaturated/α-hetero) is 1. The molecule has 2 rings (SSSR count). The highest BCUT2D eigenvalue weighted by Gasteiger charge is 2.43. The fraction of sp³-hybridized carbons (Fsp3) is 0.744. The number of hydrogen-bond acceptors (Lipinski definition) is 9. The van der Waals surface area contributed by atoms with Crippen molar-refractivity contribution in [1.29, 1.82) is 0 Å². The van der Waals surface area contributed by atoms with Crippen LogP contribution in [0.3, 0.4) is 0 Å². The van der Waals surface area contributed by atoms with Crippen molar-refractivity contribution in [3.63, 3.8) is 0 Å². The summed E-state index contributed by atoms with van der Waals surface area (Å²) in [7, 11) is 6.74. The molecule has 3 amide bonds. The maximum absolute atomic E-state index is 14.4. The molecule has 1 aromatic rings. The van der Waals surface area contributed by atoms with E-state index in [0.717, 1.165) is 6.42 Å². The second-order valence-corrected chi connectivity index (χ2v) is 16.8. The van der Waals surface area contributed by atoms with Gasteiger partial charge in [0.05, 0.1) is 42.7 Å². The fourth-order valence-corrected chi connectivity index (χ4v) is 8.27. The molecule has 9 atom stereocenters. The number of ketones is 1. The van der Waals surface area contributed by atoms with Crippen molar-refractivity contribution in [2.75, 3.05) is 34.9 Å². The molecule has 1 aliphatic rings. The quantitative estimate of drug-likeness (QED) is 0.137. The van der Waals surface area contributed by atoms with E-state index < -0.39 is 54.0 Å². The lowest BCUT2D eigenvalue weighted by atomic mass is 9.83. The van der Waals surface area contributed by atoms with Crippen LogP contribution >= 0.6 is 0 Å². The molecule has 13 heteroatoms. The van der Waals surface area contributed by atoms with Gasteiger partial charge in [-0.05, 0) is 69.2 Å². The molecule has 0 bridgehead atoms. The smallest absolute Gasteiger partial charge is 0.326 e. The second kappa shape index (κ2) is 22.4. The van der Waals surface area contributed by atoms with Gasteiger partial charge >= 0.3 is 5.97 Å². The number of methoxy groups -OCH3 is 2. The maximum atomic E-state index is 14.4. The molecule has 0 radical (unpaired) electrons. The highest BCUT2D eigenvalue weighted by Crippen LogP contribution is 2.31. The van der Waals surface area contributed by atoms with E-state index in [-0.39, 0.29) is 72.4 Å². The number of carbonyl (C=O) groups excluding carboxylic acids is 4. The molecule has 1 fully saturated rings. The molecule has 1 aromatic carbocycles. The number of phenols is 1. The van der Waals surface area contributed by atoms with Gasteiger partial charge in [-0.1, -0.05) is 67.0 Å². The molecule has 56 heavy (non-hydrogen) atoms. The zero-order chi connectivity index (χ0) is 42.6. The van der Waals surface area contributed by atoms with Crippen molar-refractivity contribution in [2.45, 2.75) is 143 Å². The number of likely N-dealkylation sites (tertiary alicyclic amines) is 1. The number of carboxylic acids is 1. The minimum Gasteiger partial charge on any atom is -0.508 e. The van der Waals surface area contributed by atoms with Crippen LogP contribution < -0.4 is 5.32 Å². The number of amides is 3. The molecule has 0 aromatic heterocycles. The lowest BCUT2D eigenvalue weighted by Crippen LogP contribution is -2.55.